The van der Waals surface area contributed by atoms with Crippen LogP contribution in [-0.4, -0.2) is 29.5 Å². The van der Waals surface area contributed by atoms with E-state index in [0.29, 0.717) is 13.0 Å². The standard InChI is InChI=1S/C6H8ClNO3/c7-4-11-6(10)8-3-1-2-5(8)9/h1-4H2. The number of ether oxygens (including phenoxy) is 1. The first kappa shape index (κ1) is 8.33. The molecule has 11 heavy (non-hydrogen) atoms. The van der Waals surface area contributed by atoms with Crippen LogP contribution in [0.25, 0.3) is 0 Å². The van der Waals surface area contributed by atoms with E-state index < -0.39 is 6.09 Å². The number of carbonyl (C=O) groups excluding carboxylic acids is 2. The van der Waals surface area contributed by atoms with E-state index in [1.54, 1.807) is 0 Å². The lowest BCUT2D eigenvalue weighted by atomic mass is 10.4. The molecule has 0 aliphatic carbocycles. The minimum Gasteiger partial charge on any atom is -0.433 e. The highest BCUT2D eigenvalue weighted by Crippen LogP contribution is 2.10. The van der Waals surface area contributed by atoms with Gasteiger partial charge in [-0.25, -0.2) is 9.69 Å². The van der Waals surface area contributed by atoms with E-state index in [2.05, 4.69) is 4.74 Å². The maximum absolute atomic E-state index is 10.9. The smallest absolute Gasteiger partial charge is 0.417 e. The molecule has 1 aliphatic rings. The molecule has 1 heterocycles. The first-order valence-electron chi connectivity index (χ1n) is 3.29. The fraction of sp³-hybridized carbons (Fsp3) is 0.667. The van der Waals surface area contributed by atoms with E-state index in [4.69, 9.17) is 11.6 Å². The lowest BCUT2D eigenvalue weighted by molar-refractivity contribution is -0.126. The molecule has 0 aromatic rings. The summed E-state index contributed by atoms with van der Waals surface area (Å²) in [5.74, 6) is -0.180. The second-order valence-electron chi connectivity index (χ2n) is 2.17. The number of halogens is 1. The largest absolute Gasteiger partial charge is 0.433 e. The van der Waals surface area contributed by atoms with Gasteiger partial charge in [-0.3, -0.25) is 4.79 Å². The van der Waals surface area contributed by atoms with Crippen LogP contribution in [0.4, 0.5) is 4.79 Å². The summed E-state index contributed by atoms with van der Waals surface area (Å²) in [6.45, 7) is 0.453. The summed E-state index contributed by atoms with van der Waals surface area (Å²) in [5, 5.41) is 0. The van der Waals surface area contributed by atoms with E-state index in [9.17, 15) is 9.59 Å². The quantitative estimate of drug-likeness (QED) is 0.560. The summed E-state index contributed by atoms with van der Waals surface area (Å²) in [6.07, 6.45) is 0.510. The Labute approximate surface area is 69.1 Å². The average molecular weight is 178 g/mol. The van der Waals surface area contributed by atoms with Crippen molar-refractivity contribution in [2.24, 2.45) is 0 Å². The molecule has 1 saturated heterocycles. The monoisotopic (exact) mass is 177 g/mol. The van der Waals surface area contributed by atoms with Gasteiger partial charge in [-0.1, -0.05) is 11.6 Å². The predicted octanol–water partition coefficient (Wildman–Crippen LogP) is 0.942. The summed E-state index contributed by atoms with van der Waals surface area (Å²) in [7, 11) is 0. The highest BCUT2D eigenvalue weighted by Gasteiger charge is 2.27. The summed E-state index contributed by atoms with van der Waals surface area (Å²) in [4.78, 5) is 22.8. The van der Waals surface area contributed by atoms with Crippen molar-refractivity contribution in [3.63, 3.8) is 0 Å². The van der Waals surface area contributed by atoms with Gasteiger partial charge in [0.1, 0.15) is 0 Å². The fourth-order valence-corrected chi connectivity index (χ4v) is 1.06. The van der Waals surface area contributed by atoms with Gasteiger partial charge < -0.3 is 4.74 Å². The Kier molecular flexibility index (Phi) is 2.70. The van der Waals surface area contributed by atoms with Gasteiger partial charge >= 0.3 is 6.09 Å². The SMILES string of the molecule is O=C1CCCN1C(=O)OCCl. The van der Waals surface area contributed by atoms with E-state index in [1.165, 1.54) is 0 Å². The van der Waals surface area contributed by atoms with Crippen molar-refractivity contribution in [2.45, 2.75) is 12.8 Å². The lowest BCUT2D eigenvalue weighted by Gasteiger charge is -2.11. The Bertz CT molecular complexity index is 183. The van der Waals surface area contributed by atoms with Crippen LogP contribution in [0.3, 0.4) is 0 Å². The summed E-state index contributed by atoms with van der Waals surface area (Å²) < 4.78 is 4.43. The summed E-state index contributed by atoms with van der Waals surface area (Å²) >= 11 is 5.14. The molecule has 0 atom stereocenters. The zero-order valence-corrected chi connectivity index (χ0v) is 6.63. The molecule has 62 valence electrons. The van der Waals surface area contributed by atoms with Crippen molar-refractivity contribution in [1.82, 2.24) is 4.90 Å². The van der Waals surface area contributed by atoms with Crippen molar-refractivity contribution in [2.75, 3.05) is 12.6 Å². The Morgan fingerprint density at radius 2 is 2.45 bits per heavy atom. The molecule has 2 amide bonds. The second kappa shape index (κ2) is 3.57. The maximum Gasteiger partial charge on any atom is 0.417 e. The van der Waals surface area contributed by atoms with Gasteiger partial charge in [-0.15, -0.1) is 0 Å². The molecular weight excluding hydrogens is 170 g/mol. The molecule has 0 radical (unpaired) electrons. The van der Waals surface area contributed by atoms with Crippen LogP contribution in [0, 0.1) is 0 Å². The molecule has 1 fully saturated rings. The fourth-order valence-electron chi connectivity index (χ4n) is 0.966. The topological polar surface area (TPSA) is 46.6 Å². The van der Waals surface area contributed by atoms with E-state index in [1.807, 2.05) is 0 Å². The van der Waals surface area contributed by atoms with Gasteiger partial charge in [0.15, 0.2) is 6.07 Å². The van der Waals surface area contributed by atoms with Crippen molar-refractivity contribution in [1.29, 1.82) is 0 Å². The third-order valence-corrected chi connectivity index (χ3v) is 1.58. The number of likely N-dealkylation sites (tertiary alicyclic amines) is 1. The van der Waals surface area contributed by atoms with E-state index >= 15 is 0 Å². The highest BCUT2D eigenvalue weighted by atomic mass is 35.5. The molecule has 0 N–H and O–H groups in total. The Morgan fingerprint density at radius 3 is 2.91 bits per heavy atom. The maximum atomic E-state index is 10.9. The van der Waals surface area contributed by atoms with Crippen LogP contribution < -0.4 is 0 Å². The van der Waals surface area contributed by atoms with Crippen LogP contribution in [0.5, 0.6) is 0 Å². The second-order valence-corrected chi connectivity index (χ2v) is 2.39. The number of alkyl halides is 1. The first-order chi connectivity index (χ1) is 5.25. The third kappa shape index (κ3) is 1.83. The molecule has 1 rings (SSSR count). The average Bonchev–Trinajstić information content (AvgIpc) is 2.36. The predicted molar refractivity (Wildman–Crippen MR) is 38.1 cm³/mol. The Hall–Kier alpha value is -0.770. The number of hydrogen-bond acceptors (Lipinski definition) is 3. The van der Waals surface area contributed by atoms with Crippen LogP contribution in [0.15, 0.2) is 0 Å². The van der Waals surface area contributed by atoms with Crippen LogP contribution in [-0.2, 0) is 9.53 Å². The zero-order valence-electron chi connectivity index (χ0n) is 5.88. The molecule has 0 spiro atoms. The Balaban J connectivity index is 2.46. The van der Waals surface area contributed by atoms with Crippen molar-refractivity contribution >= 4 is 23.6 Å². The molecule has 0 saturated carbocycles. The number of hydrogen-bond donors (Lipinski definition) is 0. The Morgan fingerprint density at radius 1 is 1.73 bits per heavy atom. The highest BCUT2D eigenvalue weighted by molar-refractivity contribution is 6.17. The number of rotatable bonds is 1. The van der Waals surface area contributed by atoms with Gasteiger partial charge in [0.25, 0.3) is 0 Å². The molecule has 4 nitrogen and oxygen atoms in total. The number of imide groups is 1. The molecule has 0 aromatic carbocycles. The molecule has 5 heteroatoms. The molecule has 0 bridgehead atoms. The minimum absolute atomic E-state index is 0.180. The zero-order chi connectivity index (χ0) is 8.27. The van der Waals surface area contributed by atoms with Crippen molar-refractivity contribution in [3.05, 3.63) is 0 Å². The molecule has 0 aromatic heterocycles. The lowest BCUT2D eigenvalue weighted by Crippen LogP contribution is -2.32. The number of amides is 2. The third-order valence-electron chi connectivity index (χ3n) is 1.47. The van der Waals surface area contributed by atoms with E-state index in [0.717, 1.165) is 11.3 Å². The summed E-state index contributed by atoms with van der Waals surface area (Å²) in [6, 6.07) is -0.206. The molecule has 1 aliphatic heterocycles. The van der Waals surface area contributed by atoms with E-state index in [-0.39, 0.29) is 12.0 Å². The minimum atomic E-state index is -0.637. The van der Waals surface area contributed by atoms with Gasteiger partial charge in [0, 0.05) is 13.0 Å². The van der Waals surface area contributed by atoms with Crippen LogP contribution >= 0.6 is 11.6 Å². The van der Waals surface area contributed by atoms with Crippen LogP contribution in [0.2, 0.25) is 0 Å². The van der Waals surface area contributed by atoms with Gasteiger partial charge in [0.2, 0.25) is 5.91 Å². The van der Waals surface area contributed by atoms with Gasteiger partial charge in [-0.05, 0) is 6.42 Å². The molecular formula is C6H8ClNO3. The summed E-state index contributed by atoms with van der Waals surface area (Å²) in [5.41, 5.74) is 0. The van der Waals surface area contributed by atoms with Crippen molar-refractivity contribution in [3.8, 4) is 0 Å². The molecule has 0 unspecified atom stereocenters. The first-order valence-corrected chi connectivity index (χ1v) is 3.82. The van der Waals surface area contributed by atoms with Gasteiger partial charge in [0.05, 0.1) is 0 Å². The normalized spacial score (nSPS) is 17.2. The number of carbonyl (C=O) groups is 2. The number of nitrogens with zero attached hydrogens (tertiary/aromatic N) is 1. The van der Waals surface area contributed by atoms with Crippen LogP contribution in [0.1, 0.15) is 12.8 Å². The van der Waals surface area contributed by atoms with Gasteiger partial charge in [-0.2, -0.15) is 0 Å². The van der Waals surface area contributed by atoms with Crippen molar-refractivity contribution < 1.29 is 14.3 Å².